The van der Waals surface area contributed by atoms with Gasteiger partial charge in [-0.1, -0.05) is 89.9 Å². The second-order valence-corrected chi connectivity index (χ2v) is 16.4. The average Bonchev–Trinajstić information content (AvgIpc) is 3.64. The van der Waals surface area contributed by atoms with E-state index < -0.39 is 88.8 Å². The number of carbonyl (C=O) groups is 2. The van der Waals surface area contributed by atoms with Crippen molar-refractivity contribution in [2.75, 3.05) is 31.9 Å². The molecule has 9 nitrogen and oxygen atoms in total. The molecule has 14 heteroatoms. The van der Waals surface area contributed by atoms with Crippen molar-refractivity contribution in [3.63, 3.8) is 0 Å². The molecule has 0 radical (unpaired) electrons. The number of halogens is 5. The largest absolute Gasteiger partial charge is 0.394 e. The number of hydrogen-bond donors (Lipinski definition) is 4. The first kappa shape index (κ1) is 38.8. The van der Waals surface area contributed by atoms with E-state index in [1.165, 1.54) is 12.3 Å². The molecule has 4 N–H and O–H groups in total. The number of nitrogens with one attached hydrogen (secondary N) is 2. The molecule has 7 atom stereocenters. The van der Waals surface area contributed by atoms with E-state index in [0.29, 0.717) is 40.2 Å². The molecule has 2 amide bonds. The highest BCUT2D eigenvalue weighted by Crippen LogP contribution is 2.74. The minimum absolute atomic E-state index is 0.0729. The van der Waals surface area contributed by atoms with Gasteiger partial charge in [0.05, 0.1) is 56.9 Å². The van der Waals surface area contributed by atoms with Crippen LogP contribution >= 0.6 is 23.2 Å². The van der Waals surface area contributed by atoms with Gasteiger partial charge in [0.2, 0.25) is 11.8 Å². The number of pyridine rings is 1. The van der Waals surface area contributed by atoms with Crippen LogP contribution in [0.2, 0.25) is 10.2 Å². The predicted octanol–water partition coefficient (Wildman–Crippen LogP) is 6.77. The number of nitrogens with zero attached hydrogens (tertiary/aromatic N) is 2. The summed E-state index contributed by atoms with van der Waals surface area (Å²) in [5, 5.41) is 28.2. The molecule has 4 aliphatic rings. The lowest BCUT2D eigenvalue weighted by atomic mass is 9.45. The Bertz CT molecular complexity index is 2100. The average molecular weight is 810 g/mol. The summed E-state index contributed by atoms with van der Waals surface area (Å²) in [6, 6.07) is 20.7. The number of aromatic nitrogens is 1. The van der Waals surface area contributed by atoms with Crippen LogP contribution in [-0.4, -0.2) is 82.2 Å². The quantitative estimate of drug-likeness (QED) is 0.131. The monoisotopic (exact) mass is 808 g/mol. The van der Waals surface area contributed by atoms with E-state index in [2.05, 4.69) is 15.6 Å². The third-order valence-corrected chi connectivity index (χ3v) is 13.0. The molecule has 4 heterocycles. The Labute approximate surface area is 332 Å². The van der Waals surface area contributed by atoms with Crippen LogP contribution in [0.5, 0.6) is 0 Å². The third-order valence-electron chi connectivity index (χ3n) is 12.5. The molecule has 3 aliphatic heterocycles. The molecule has 1 aliphatic carbocycles. The first-order chi connectivity index (χ1) is 27.0. The standard InChI is InChI=1S/C42H41Cl2F3N4O5/c43-26-11-14-30-31(17-26)50-39(55)42(30)32(29-15-16-48-37(44)33(29)47)35(38(54)49-27-12-13-28(18-52)56-19-27)51(41(42)20-40(21-41,22-45)23-46)34(24-7-3-1-4-8-24)36(53)25-9-5-2-6-10-25/h1-11,14-17,27-28,32,34-36,52-53H,12-13,18-23H2,(H,49,54)(H,50,55)/t27-,28+,32+,34-,35-,36+,42-/m1/s1. The third kappa shape index (κ3) is 5.94. The fraction of sp³-hybridized carbons (Fsp3) is 0.405. The van der Waals surface area contributed by atoms with Gasteiger partial charge in [0.1, 0.15) is 5.41 Å². The highest BCUT2D eigenvalue weighted by molar-refractivity contribution is 6.31. The molecule has 2 saturated heterocycles. The summed E-state index contributed by atoms with van der Waals surface area (Å²) in [5.74, 6) is -3.60. The maximum absolute atomic E-state index is 16.9. The van der Waals surface area contributed by atoms with Gasteiger partial charge in [-0.2, -0.15) is 0 Å². The van der Waals surface area contributed by atoms with Crippen molar-refractivity contribution in [3.8, 4) is 0 Å². The molecule has 8 rings (SSSR count). The van der Waals surface area contributed by atoms with Crippen LogP contribution in [0.25, 0.3) is 0 Å². The van der Waals surface area contributed by atoms with E-state index in [4.69, 9.17) is 27.9 Å². The molecule has 1 saturated carbocycles. The molecule has 0 unspecified atom stereocenters. The second kappa shape index (κ2) is 15.0. The summed E-state index contributed by atoms with van der Waals surface area (Å²) >= 11 is 12.9. The Morgan fingerprint density at radius 2 is 1.68 bits per heavy atom. The first-order valence-corrected chi connectivity index (χ1v) is 19.4. The molecule has 56 heavy (non-hydrogen) atoms. The van der Waals surface area contributed by atoms with Crippen molar-refractivity contribution < 1.29 is 37.7 Å². The number of likely N-dealkylation sites (tertiary alicyclic amines) is 1. The SMILES string of the molecule is O=C(N[C@@H]1CC[C@@H](CO)OC1)[C@H]1[C@H](c2ccnc(Cl)c2F)[C@]2(C(=O)Nc3cc(Cl)ccc32)C2(CC(CF)(CF)C2)N1[C@H](c1ccccc1)[C@@H](O)c1ccccc1. The van der Waals surface area contributed by atoms with Gasteiger partial charge in [-0.15, -0.1) is 0 Å². The highest BCUT2D eigenvalue weighted by atomic mass is 35.5. The number of aliphatic hydroxyl groups excluding tert-OH is 2. The number of carbonyl (C=O) groups excluding carboxylic acids is 2. The Morgan fingerprint density at radius 1 is 1.00 bits per heavy atom. The van der Waals surface area contributed by atoms with Crippen LogP contribution < -0.4 is 10.6 Å². The lowest BCUT2D eigenvalue weighted by Crippen LogP contribution is -2.72. The summed E-state index contributed by atoms with van der Waals surface area (Å²) in [6.45, 7) is -2.25. The fourth-order valence-electron chi connectivity index (χ4n) is 10.2. The molecule has 3 fully saturated rings. The molecule has 3 aromatic carbocycles. The van der Waals surface area contributed by atoms with Crippen molar-refractivity contribution >= 4 is 40.7 Å². The Balaban J connectivity index is 1.45. The van der Waals surface area contributed by atoms with Gasteiger partial charge in [0.15, 0.2) is 11.0 Å². The fourth-order valence-corrected chi connectivity index (χ4v) is 10.6. The van der Waals surface area contributed by atoms with Crippen molar-refractivity contribution in [2.24, 2.45) is 5.41 Å². The van der Waals surface area contributed by atoms with E-state index in [1.807, 2.05) is 0 Å². The maximum atomic E-state index is 16.9. The molecular formula is C42H41Cl2F3N4O5. The van der Waals surface area contributed by atoms with Crippen molar-refractivity contribution in [3.05, 3.63) is 129 Å². The summed E-state index contributed by atoms with van der Waals surface area (Å²) < 4.78 is 53.2. The summed E-state index contributed by atoms with van der Waals surface area (Å²) in [7, 11) is 0. The second-order valence-electron chi connectivity index (χ2n) is 15.6. The van der Waals surface area contributed by atoms with E-state index in [9.17, 15) is 10.2 Å². The number of amides is 2. The minimum Gasteiger partial charge on any atom is -0.394 e. The van der Waals surface area contributed by atoms with Gasteiger partial charge in [-0.3, -0.25) is 23.3 Å². The summed E-state index contributed by atoms with van der Waals surface area (Å²) in [5.41, 5.74) is -3.49. The number of hydrogen-bond acceptors (Lipinski definition) is 7. The van der Waals surface area contributed by atoms with Gasteiger partial charge in [-0.25, -0.2) is 9.37 Å². The van der Waals surface area contributed by atoms with Crippen LogP contribution in [0.15, 0.2) is 91.1 Å². The lowest BCUT2D eigenvalue weighted by Gasteiger charge is -2.63. The van der Waals surface area contributed by atoms with Crippen LogP contribution in [0, 0.1) is 11.2 Å². The topological polar surface area (TPSA) is 124 Å². The van der Waals surface area contributed by atoms with Crippen LogP contribution in [0.4, 0.5) is 18.9 Å². The Kier molecular flexibility index (Phi) is 10.4. The first-order valence-electron chi connectivity index (χ1n) is 18.7. The van der Waals surface area contributed by atoms with E-state index in [-0.39, 0.29) is 31.6 Å². The molecule has 0 bridgehead atoms. The molecule has 4 aromatic rings. The Morgan fingerprint density at radius 3 is 2.30 bits per heavy atom. The van der Waals surface area contributed by atoms with Gasteiger partial charge in [-0.05, 0) is 66.1 Å². The number of alkyl halides is 2. The van der Waals surface area contributed by atoms with Crippen LogP contribution in [0.1, 0.15) is 66.0 Å². The van der Waals surface area contributed by atoms with Crippen molar-refractivity contribution in [1.82, 2.24) is 15.2 Å². The normalized spacial score (nSPS) is 27.4. The van der Waals surface area contributed by atoms with Gasteiger partial charge >= 0.3 is 0 Å². The predicted molar refractivity (Wildman–Crippen MR) is 204 cm³/mol. The Hall–Kier alpha value is -4.04. The van der Waals surface area contributed by atoms with Gasteiger partial charge < -0.3 is 25.6 Å². The number of anilines is 1. The van der Waals surface area contributed by atoms with Crippen molar-refractivity contribution in [1.29, 1.82) is 0 Å². The number of fused-ring (bicyclic) bond motifs is 3. The number of benzene rings is 3. The lowest BCUT2D eigenvalue weighted by molar-refractivity contribution is -0.166. The number of aliphatic hydroxyl groups is 2. The number of rotatable bonds is 10. The van der Waals surface area contributed by atoms with Gasteiger partial charge in [0.25, 0.3) is 0 Å². The molecule has 2 spiro atoms. The highest BCUT2D eigenvalue weighted by Gasteiger charge is 2.82. The van der Waals surface area contributed by atoms with E-state index >= 15 is 22.8 Å². The zero-order valence-corrected chi connectivity index (χ0v) is 31.7. The van der Waals surface area contributed by atoms with Gasteiger partial charge in [0, 0.05) is 33.8 Å². The molecular weight excluding hydrogens is 768 g/mol. The smallest absolute Gasteiger partial charge is 0.238 e. The van der Waals surface area contributed by atoms with Crippen molar-refractivity contribution in [2.45, 2.75) is 72.9 Å². The zero-order valence-electron chi connectivity index (χ0n) is 30.2. The van der Waals surface area contributed by atoms with E-state index in [1.54, 1.807) is 83.8 Å². The summed E-state index contributed by atoms with van der Waals surface area (Å²) in [6.07, 6.45) is -0.110. The van der Waals surface area contributed by atoms with Crippen LogP contribution in [0.3, 0.4) is 0 Å². The molecule has 1 aromatic heterocycles. The maximum Gasteiger partial charge on any atom is 0.238 e. The zero-order chi connectivity index (χ0) is 39.4. The van der Waals surface area contributed by atoms with Crippen LogP contribution in [-0.2, 0) is 19.7 Å². The molecule has 294 valence electrons. The summed E-state index contributed by atoms with van der Waals surface area (Å²) in [4.78, 5) is 36.5. The van der Waals surface area contributed by atoms with E-state index in [0.717, 1.165) is 0 Å². The minimum atomic E-state index is -1.90. The number of ether oxygens (including phenoxy) is 1.